The number of nitrogens with two attached hydrogens (primary N) is 1. The number of hydrogen-bond donors (Lipinski definition) is 2. The van der Waals surface area contributed by atoms with Crippen molar-refractivity contribution in [1.82, 2.24) is 0 Å². The normalized spacial score (nSPS) is 12.5. The Labute approximate surface area is 79.0 Å². The van der Waals surface area contributed by atoms with Crippen LogP contribution in [0.5, 0.6) is 0 Å². The Morgan fingerprint density at radius 1 is 1.46 bits per heavy atom. The van der Waals surface area contributed by atoms with Crippen LogP contribution in [0.1, 0.15) is 11.7 Å². The Morgan fingerprint density at radius 3 is 2.62 bits per heavy atom. The van der Waals surface area contributed by atoms with E-state index in [4.69, 9.17) is 5.73 Å². The summed E-state index contributed by atoms with van der Waals surface area (Å²) in [4.78, 5) is -0.287. The fourth-order valence-corrected chi connectivity index (χ4v) is 1.00. The molecule has 1 aromatic rings. The molecule has 70 valence electrons. The maximum Gasteiger partial charge on any atom is 0.132 e. The fraction of sp³-hybridized carbons (Fsp3) is 0.125. The van der Waals surface area contributed by atoms with Crippen LogP contribution in [-0.4, -0.2) is 10.1 Å². The van der Waals surface area contributed by atoms with Crippen LogP contribution in [0.3, 0.4) is 0 Å². The Hall–Kier alpha value is -1.07. The summed E-state index contributed by atoms with van der Waals surface area (Å²) in [5.74, 6) is -1.38. The lowest BCUT2D eigenvalue weighted by atomic mass is 10.1. The quantitative estimate of drug-likeness (QED) is 0.712. The third-order valence-corrected chi connectivity index (χ3v) is 1.75. The standard InChI is InChI=1S/C8H7F2NOS/c9-4-1-2-6(10)5(3-4)7(12)8(11)13/h1-3,7,12H,(H2,11,13). The first-order chi connectivity index (χ1) is 6.02. The van der Waals surface area contributed by atoms with Gasteiger partial charge in [0, 0.05) is 5.56 Å². The lowest BCUT2D eigenvalue weighted by Crippen LogP contribution is -2.19. The summed E-state index contributed by atoms with van der Waals surface area (Å²) in [5.41, 5.74) is 4.84. The SMILES string of the molecule is NC(=S)C(O)c1cc(F)ccc1F. The summed E-state index contributed by atoms with van der Waals surface area (Å²) in [6.07, 6.45) is -1.44. The van der Waals surface area contributed by atoms with E-state index in [1.807, 2.05) is 0 Å². The Morgan fingerprint density at radius 2 is 2.08 bits per heavy atom. The number of hydrogen-bond acceptors (Lipinski definition) is 2. The molecule has 1 rings (SSSR count). The second-order valence-corrected chi connectivity index (χ2v) is 2.94. The molecule has 0 saturated heterocycles. The zero-order valence-electron chi connectivity index (χ0n) is 6.50. The van der Waals surface area contributed by atoms with Crippen LogP contribution in [-0.2, 0) is 0 Å². The highest BCUT2D eigenvalue weighted by atomic mass is 32.1. The minimum Gasteiger partial charge on any atom is -0.391 e. The second-order valence-electron chi connectivity index (χ2n) is 2.47. The van der Waals surface area contributed by atoms with Gasteiger partial charge in [-0.2, -0.15) is 0 Å². The molecule has 0 bridgehead atoms. The van der Waals surface area contributed by atoms with Gasteiger partial charge in [0.05, 0.1) is 0 Å². The predicted molar refractivity (Wildman–Crippen MR) is 48.1 cm³/mol. The monoisotopic (exact) mass is 203 g/mol. The van der Waals surface area contributed by atoms with Gasteiger partial charge in [0.15, 0.2) is 0 Å². The highest BCUT2D eigenvalue weighted by Gasteiger charge is 2.15. The van der Waals surface area contributed by atoms with Crippen molar-refractivity contribution in [1.29, 1.82) is 0 Å². The minimum atomic E-state index is -1.44. The maximum atomic E-state index is 12.9. The molecule has 0 amide bonds. The van der Waals surface area contributed by atoms with Crippen LogP contribution in [0, 0.1) is 11.6 Å². The van der Waals surface area contributed by atoms with E-state index in [1.54, 1.807) is 0 Å². The number of aliphatic hydroxyl groups excluding tert-OH is 1. The molecule has 0 saturated carbocycles. The Balaban J connectivity index is 3.12. The number of rotatable bonds is 2. The molecule has 13 heavy (non-hydrogen) atoms. The number of benzene rings is 1. The van der Waals surface area contributed by atoms with Gasteiger partial charge in [-0.25, -0.2) is 8.78 Å². The van der Waals surface area contributed by atoms with E-state index in [1.165, 1.54) is 0 Å². The van der Waals surface area contributed by atoms with Crippen molar-refractivity contribution < 1.29 is 13.9 Å². The second kappa shape index (κ2) is 3.76. The van der Waals surface area contributed by atoms with E-state index >= 15 is 0 Å². The van der Waals surface area contributed by atoms with Gasteiger partial charge in [-0.05, 0) is 18.2 Å². The average Bonchev–Trinajstić information content (AvgIpc) is 2.08. The fourth-order valence-electron chi connectivity index (χ4n) is 0.877. The average molecular weight is 203 g/mol. The van der Waals surface area contributed by atoms with Gasteiger partial charge < -0.3 is 10.8 Å². The van der Waals surface area contributed by atoms with Crippen molar-refractivity contribution in [3.05, 3.63) is 35.4 Å². The molecular weight excluding hydrogens is 196 g/mol. The summed E-state index contributed by atoms with van der Waals surface area (Å²) >= 11 is 4.44. The van der Waals surface area contributed by atoms with Gasteiger partial charge in [-0.1, -0.05) is 12.2 Å². The third kappa shape index (κ3) is 2.19. The van der Waals surface area contributed by atoms with Crippen molar-refractivity contribution >= 4 is 17.2 Å². The Kier molecular flexibility index (Phi) is 2.90. The number of halogens is 2. The largest absolute Gasteiger partial charge is 0.391 e. The van der Waals surface area contributed by atoms with E-state index in [0.717, 1.165) is 18.2 Å². The van der Waals surface area contributed by atoms with Crippen LogP contribution < -0.4 is 5.73 Å². The summed E-state index contributed by atoms with van der Waals surface area (Å²) < 4.78 is 25.5. The third-order valence-electron chi connectivity index (χ3n) is 1.52. The van der Waals surface area contributed by atoms with Gasteiger partial charge in [-0.15, -0.1) is 0 Å². The summed E-state index contributed by atoms with van der Waals surface area (Å²) in [6, 6.07) is 2.72. The lowest BCUT2D eigenvalue weighted by molar-refractivity contribution is 0.242. The molecule has 2 nitrogen and oxygen atoms in total. The number of aliphatic hydroxyl groups is 1. The Bertz CT molecular complexity index is 343. The maximum absolute atomic E-state index is 12.9. The number of thiocarbonyl (C=S) groups is 1. The summed E-state index contributed by atoms with van der Waals surface area (Å²) in [6.45, 7) is 0. The van der Waals surface area contributed by atoms with Gasteiger partial charge in [0.25, 0.3) is 0 Å². The molecule has 0 heterocycles. The van der Waals surface area contributed by atoms with E-state index in [-0.39, 0.29) is 10.6 Å². The van der Waals surface area contributed by atoms with Crippen LogP contribution in [0.25, 0.3) is 0 Å². The minimum absolute atomic E-state index is 0.243. The van der Waals surface area contributed by atoms with Crippen LogP contribution in [0.15, 0.2) is 18.2 Å². The van der Waals surface area contributed by atoms with Crippen LogP contribution in [0.4, 0.5) is 8.78 Å². The van der Waals surface area contributed by atoms with Crippen LogP contribution in [0.2, 0.25) is 0 Å². The lowest BCUT2D eigenvalue weighted by Gasteiger charge is -2.09. The molecule has 1 unspecified atom stereocenters. The van der Waals surface area contributed by atoms with Gasteiger partial charge in [0.1, 0.15) is 22.7 Å². The van der Waals surface area contributed by atoms with E-state index in [2.05, 4.69) is 12.2 Å². The van der Waals surface area contributed by atoms with E-state index in [0.29, 0.717) is 0 Å². The van der Waals surface area contributed by atoms with Crippen LogP contribution >= 0.6 is 12.2 Å². The first kappa shape index (κ1) is 10.0. The molecule has 0 aromatic heterocycles. The molecule has 3 N–H and O–H groups in total. The summed E-state index contributed by atoms with van der Waals surface area (Å²) in [5, 5.41) is 9.23. The smallest absolute Gasteiger partial charge is 0.132 e. The van der Waals surface area contributed by atoms with Gasteiger partial charge in [0.2, 0.25) is 0 Å². The molecule has 0 aliphatic rings. The molecular formula is C8H7F2NOS. The first-order valence-corrected chi connectivity index (χ1v) is 3.85. The molecule has 0 fully saturated rings. The highest BCUT2D eigenvalue weighted by molar-refractivity contribution is 7.80. The molecule has 0 aliphatic heterocycles. The summed E-state index contributed by atoms with van der Waals surface area (Å²) in [7, 11) is 0. The zero-order chi connectivity index (χ0) is 10.0. The van der Waals surface area contributed by atoms with Crippen molar-refractivity contribution in [3.63, 3.8) is 0 Å². The van der Waals surface area contributed by atoms with E-state index < -0.39 is 17.7 Å². The van der Waals surface area contributed by atoms with Crippen molar-refractivity contribution in [3.8, 4) is 0 Å². The molecule has 1 aromatic carbocycles. The molecule has 0 radical (unpaired) electrons. The van der Waals surface area contributed by atoms with Crippen molar-refractivity contribution in [2.24, 2.45) is 5.73 Å². The van der Waals surface area contributed by atoms with Crippen molar-refractivity contribution in [2.75, 3.05) is 0 Å². The van der Waals surface area contributed by atoms with Gasteiger partial charge in [-0.3, -0.25) is 0 Å². The molecule has 0 aliphatic carbocycles. The van der Waals surface area contributed by atoms with E-state index in [9.17, 15) is 13.9 Å². The topological polar surface area (TPSA) is 46.2 Å². The molecule has 5 heteroatoms. The predicted octanol–water partition coefficient (Wildman–Crippen LogP) is 1.28. The van der Waals surface area contributed by atoms with Crippen molar-refractivity contribution in [2.45, 2.75) is 6.10 Å². The first-order valence-electron chi connectivity index (χ1n) is 3.44. The highest BCUT2D eigenvalue weighted by Crippen LogP contribution is 2.18. The molecule has 0 spiro atoms. The zero-order valence-corrected chi connectivity index (χ0v) is 7.31. The van der Waals surface area contributed by atoms with Gasteiger partial charge >= 0.3 is 0 Å². The molecule has 1 atom stereocenters.